The molecule has 0 spiro atoms. The zero-order valence-electron chi connectivity index (χ0n) is 10.1. The monoisotopic (exact) mass is 165 g/mol. The molecule has 1 aliphatic heterocycles. The van der Waals surface area contributed by atoms with Crippen LogP contribution in [0.5, 0.6) is 0 Å². The SMILES string of the molecule is [2H]C1([2H])CN(C)[C@]([2H])(c2cccnc2)C1. The molecule has 1 aromatic heterocycles. The molecule has 0 bridgehead atoms. The van der Waals surface area contributed by atoms with Gasteiger partial charge in [-0.05, 0) is 38.0 Å². The first-order chi connectivity index (χ1) is 6.94. The van der Waals surface area contributed by atoms with Gasteiger partial charge in [0.25, 0.3) is 0 Å². The summed E-state index contributed by atoms with van der Waals surface area (Å²) in [6.07, 6.45) is 2.22. The highest BCUT2D eigenvalue weighted by molar-refractivity contribution is 5.14. The number of hydrogen-bond donors (Lipinski definition) is 0. The van der Waals surface area contributed by atoms with Crippen molar-refractivity contribution in [1.29, 1.82) is 0 Å². The van der Waals surface area contributed by atoms with Gasteiger partial charge in [-0.15, -0.1) is 0 Å². The topological polar surface area (TPSA) is 16.1 Å². The fourth-order valence-electron chi connectivity index (χ4n) is 1.43. The van der Waals surface area contributed by atoms with E-state index in [1.165, 1.54) is 0 Å². The molecule has 2 nitrogen and oxygen atoms in total. The first kappa shape index (κ1) is 4.97. The maximum Gasteiger partial charge on any atom is 0.0519 e. The molecule has 64 valence electrons. The second-order valence-electron chi connectivity index (χ2n) is 2.97. The molecular weight excluding hydrogens is 148 g/mol. The van der Waals surface area contributed by atoms with Gasteiger partial charge in [-0.3, -0.25) is 9.88 Å². The standard InChI is InChI=1S/C10H14N2/c1-12-7-3-5-10(12)9-4-2-6-11-8-9/h2,4,6,8,10H,3,5,7H2,1H3/t10-/m0/s1/i3D2,10D. The van der Waals surface area contributed by atoms with Crippen LogP contribution in [0.3, 0.4) is 0 Å². The molecule has 0 N–H and O–H groups in total. The summed E-state index contributed by atoms with van der Waals surface area (Å²) >= 11 is 0. The molecule has 0 aromatic carbocycles. The van der Waals surface area contributed by atoms with Gasteiger partial charge in [-0.25, -0.2) is 0 Å². The summed E-state index contributed by atoms with van der Waals surface area (Å²) in [5.74, 6) is 0. The average molecular weight is 165 g/mol. The molecule has 1 atom stereocenters. The number of hydrogen-bond acceptors (Lipinski definition) is 2. The molecule has 1 aromatic rings. The summed E-state index contributed by atoms with van der Waals surface area (Å²) in [5, 5.41) is 0. The predicted octanol–water partition coefficient (Wildman–Crippen LogP) is 1.85. The van der Waals surface area contributed by atoms with Crippen molar-refractivity contribution in [3.8, 4) is 0 Å². The van der Waals surface area contributed by atoms with Gasteiger partial charge in [0.1, 0.15) is 0 Å². The lowest BCUT2D eigenvalue weighted by molar-refractivity contribution is 0.317. The van der Waals surface area contributed by atoms with Crippen LogP contribution in [0.1, 0.15) is 28.5 Å². The molecule has 1 saturated heterocycles. The van der Waals surface area contributed by atoms with E-state index in [9.17, 15) is 0 Å². The van der Waals surface area contributed by atoms with Gasteiger partial charge < -0.3 is 0 Å². The van der Waals surface area contributed by atoms with E-state index in [4.69, 9.17) is 4.11 Å². The van der Waals surface area contributed by atoms with Crippen molar-refractivity contribution < 1.29 is 4.11 Å². The van der Waals surface area contributed by atoms with Crippen LogP contribution in [0.15, 0.2) is 24.5 Å². The highest BCUT2D eigenvalue weighted by atomic mass is 15.1. The fraction of sp³-hybridized carbons (Fsp3) is 0.500. The lowest BCUT2D eigenvalue weighted by Gasteiger charge is -2.18. The molecular formula is C10H14N2. The van der Waals surface area contributed by atoms with Crippen LogP contribution in [-0.2, 0) is 0 Å². The van der Waals surface area contributed by atoms with Crippen molar-refractivity contribution in [2.75, 3.05) is 13.6 Å². The Hall–Kier alpha value is -0.890. The van der Waals surface area contributed by atoms with Crippen LogP contribution >= 0.6 is 0 Å². The molecule has 2 heteroatoms. The van der Waals surface area contributed by atoms with E-state index >= 15 is 0 Å². The first-order valence-corrected chi connectivity index (χ1v) is 4.06. The lowest BCUT2D eigenvalue weighted by atomic mass is 10.1. The van der Waals surface area contributed by atoms with Gasteiger partial charge in [0.05, 0.1) is 1.37 Å². The maximum absolute atomic E-state index is 8.33. The maximum atomic E-state index is 8.33. The number of aromatic nitrogens is 1. The number of nitrogens with zero attached hydrogens (tertiary/aromatic N) is 2. The number of pyridine rings is 1. The largest absolute Gasteiger partial charge is 0.299 e. The zero-order valence-corrected chi connectivity index (χ0v) is 7.12. The molecule has 1 fully saturated rings. The molecule has 0 amide bonds. The van der Waals surface area contributed by atoms with Crippen LogP contribution in [0.25, 0.3) is 0 Å². The Bertz CT molecular complexity index is 355. The smallest absolute Gasteiger partial charge is 0.0519 e. The molecule has 0 unspecified atom stereocenters. The third-order valence-corrected chi connectivity index (χ3v) is 2.10. The van der Waals surface area contributed by atoms with Crippen LogP contribution in [-0.4, -0.2) is 23.5 Å². The molecule has 0 radical (unpaired) electrons. The molecule has 12 heavy (non-hydrogen) atoms. The second kappa shape index (κ2) is 3.23. The van der Waals surface area contributed by atoms with E-state index in [1.54, 1.807) is 30.4 Å². The van der Waals surface area contributed by atoms with Crippen molar-refractivity contribution in [2.24, 2.45) is 0 Å². The lowest BCUT2D eigenvalue weighted by Crippen LogP contribution is -2.17. The summed E-state index contributed by atoms with van der Waals surface area (Å²) in [6.45, 7) is 0.297. The van der Waals surface area contributed by atoms with Gasteiger partial charge >= 0.3 is 0 Å². The second-order valence-corrected chi connectivity index (χ2v) is 2.97. The summed E-state index contributed by atoms with van der Waals surface area (Å²) in [4.78, 5) is 5.73. The van der Waals surface area contributed by atoms with E-state index in [1.807, 2.05) is 6.07 Å². The van der Waals surface area contributed by atoms with Crippen LogP contribution in [0.4, 0.5) is 0 Å². The Morgan fingerprint density at radius 3 is 3.33 bits per heavy atom. The van der Waals surface area contributed by atoms with Gasteiger partial charge in [-0.1, -0.05) is 6.07 Å². The van der Waals surface area contributed by atoms with Crippen molar-refractivity contribution in [3.63, 3.8) is 0 Å². The van der Waals surface area contributed by atoms with Crippen LogP contribution in [0, 0.1) is 0 Å². The zero-order chi connectivity index (χ0) is 11.1. The van der Waals surface area contributed by atoms with Crippen molar-refractivity contribution in [3.05, 3.63) is 30.1 Å². The van der Waals surface area contributed by atoms with E-state index in [2.05, 4.69) is 4.98 Å². The van der Waals surface area contributed by atoms with E-state index in [0.29, 0.717) is 6.54 Å². The van der Waals surface area contributed by atoms with Gasteiger partial charge in [0.15, 0.2) is 0 Å². The van der Waals surface area contributed by atoms with E-state index < -0.39 is 12.4 Å². The quantitative estimate of drug-likeness (QED) is 0.631. The minimum absolute atomic E-state index is 0.197. The Morgan fingerprint density at radius 1 is 1.83 bits per heavy atom. The Kier molecular flexibility index (Phi) is 1.34. The molecule has 1 aliphatic rings. The van der Waals surface area contributed by atoms with Crippen LogP contribution in [0.2, 0.25) is 0 Å². The summed E-state index contributed by atoms with van der Waals surface area (Å²) in [7, 11) is 1.78. The molecule has 0 saturated carbocycles. The normalized spacial score (nSPS) is 38.6. The summed E-state index contributed by atoms with van der Waals surface area (Å²) < 4.78 is 23.7. The highest BCUT2D eigenvalue weighted by Crippen LogP contribution is 2.29. The summed E-state index contributed by atoms with van der Waals surface area (Å²) in [6, 6.07) is 2.64. The van der Waals surface area contributed by atoms with Crippen molar-refractivity contribution >= 4 is 0 Å². The minimum Gasteiger partial charge on any atom is -0.299 e. The Labute approximate surface area is 77.4 Å². The highest BCUT2D eigenvalue weighted by Gasteiger charge is 2.21. The van der Waals surface area contributed by atoms with E-state index in [-0.39, 0.29) is 6.42 Å². The van der Waals surface area contributed by atoms with Crippen molar-refractivity contribution in [1.82, 2.24) is 9.88 Å². The fourth-order valence-corrected chi connectivity index (χ4v) is 1.43. The third kappa shape index (κ3) is 1.34. The Balaban J connectivity index is 2.36. The van der Waals surface area contributed by atoms with E-state index in [0.717, 1.165) is 5.56 Å². The minimum atomic E-state index is -1.29. The third-order valence-electron chi connectivity index (χ3n) is 2.10. The molecule has 2 rings (SSSR count). The first-order valence-electron chi connectivity index (χ1n) is 5.56. The van der Waals surface area contributed by atoms with Gasteiger partial charge in [-0.2, -0.15) is 0 Å². The van der Waals surface area contributed by atoms with Crippen LogP contribution < -0.4 is 0 Å². The Morgan fingerprint density at radius 2 is 2.75 bits per heavy atom. The number of rotatable bonds is 1. The van der Waals surface area contributed by atoms with Gasteiger partial charge in [0.2, 0.25) is 0 Å². The van der Waals surface area contributed by atoms with Crippen molar-refractivity contribution in [2.45, 2.75) is 18.8 Å². The number of likely N-dealkylation sites (tertiary alicyclic amines) is 1. The predicted molar refractivity (Wildman–Crippen MR) is 48.8 cm³/mol. The molecule has 0 aliphatic carbocycles. The molecule has 2 heterocycles. The summed E-state index contributed by atoms with van der Waals surface area (Å²) in [5.41, 5.74) is 0.758. The van der Waals surface area contributed by atoms with Gasteiger partial charge in [0, 0.05) is 21.2 Å². The average Bonchev–Trinajstić information content (AvgIpc) is 2.38.